The van der Waals surface area contributed by atoms with E-state index in [4.69, 9.17) is 16.4 Å². The number of ether oxygens (including phenoxy) is 1. The lowest BCUT2D eigenvalue weighted by Crippen LogP contribution is -2.06. The third-order valence-corrected chi connectivity index (χ3v) is 3.12. The number of carbonyl (C=O) groups is 2. The molecule has 1 saturated carbocycles. The molecule has 92 valence electrons. The van der Waals surface area contributed by atoms with Gasteiger partial charge in [-0.05, 0) is 18.3 Å². The van der Waals surface area contributed by atoms with Crippen LogP contribution in [0.4, 0.5) is 0 Å². The second-order valence-corrected chi connectivity index (χ2v) is 4.55. The maximum absolute atomic E-state index is 11.4. The van der Waals surface area contributed by atoms with Crippen molar-refractivity contribution < 1.29 is 19.4 Å². The molecule has 0 aromatic rings. The van der Waals surface area contributed by atoms with Crippen LogP contribution in [-0.4, -0.2) is 23.7 Å². The van der Waals surface area contributed by atoms with Crippen LogP contribution in [0.1, 0.15) is 20.8 Å². The lowest BCUT2D eigenvalue weighted by molar-refractivity contribution is -0.140. The second kappa shape index (κ2) is 4.58. The zero-order valence-corrected chi connectivity index (χ0v) is 10.1. The van der Waals surface area contributed by atoms with Crippen molar-refractivity contribution in [2.75, 3.05) is 6.61 Å². The quantitative estimate of drug-likeness (QED) is 0.459. The number of allylic oxidation sites excluding steroid dienone is 1. The standard InChI is InChI=1S/C12H15NO4/c1-5-17-11(16)8(13-4)6-7-9(10(14)15)12(7,2)3/h6-7,9H,5H2,1-3H3,(H,14,15)/b8-6-. The van der Waals surface area contributed by atoms with E-state index in [9.17, 15) is 9.59 Å². The number of rotatable bonds is 4. The van der Waals surface area contributed by atoms with Crippen LogP contribution in [0.5, 0.6) is 0 Å². The zero-order chi connectivity index (χ0) is 13.2. The van der Waals surface area contributed by atoms with Gasteiger partial charge in [0.1, 0.15) is 0 Å². The Bertz CT molecular complexity index is 417. The number of hydrogen-bond acceptors (Lipinski definition) is 3. The van der Waals surface area contributed by atoms with Gasteiger partial charge in [-0.3, -0.25) is 9.59 Å². The van der Waals surface area contributed by atoms with Crippen LogP contribution in [0.2, 0.25) is 0 Å². The summed E-state index contributed by atoms with van der Waals surface area (Å²) in [6, 6.07) is 0. The first-order valence-electron chi connectivity index (χ1n) is 5.35. The molecule has 1 fully saturated rings. The summed E-state index contributed by atoms with van der Waals surface area (Å²) >= 11 is 0. The van der Waals surface area contributed by atoms with Crippen molar-refractivity contribution in [1.82, 2.24) is 0 Å². The summed E-state index contributed by atoms with van der Waals surface area (Å²) in [4.78, 5) is 25.4. The highest BCUT2D eigenvalue weighted by Crippen LogP contribution is 2.59. The van der Waals surface area contributed by atoms with Crippen LogP contribution >= 0.6 is 0 Å². The first kappa shape index (κ1) is 13.2. The van der Waals surface area contributed by atoms with Crippen molar-refractivity contribution in [3.63, 3.8) is 0 Å². The Morgan fingerprint density at radius 2 is 2.12 bits per heavy atom. The van der Waals surface area contributed by atoms with Crippen molar-refractivity contribution in [3.05, 3.63) is 23.2 Å². The molecule has 0 bridgehead atoms. The number of hydrogen-bond donors (Lipinski definition) is 1. The van der Waals surface area contributed by atoms with Gasteiger partial charge in [-0.1, -0.05) is 19.9 Å². The largest absolute Gasteiger partial charge is 0.481 e. The van der Waals surface area contributed by atoms with E-state index in [1.807, 2.05) is 0 Å². The number of nitrogens with zero attached hydrogens (tertiary/aromatic N) is 1. The number of carboxylic acids is 1. The molecule has 0 saturated heterocycles. The summed E-state index contributed by atoms with van der Waals surface area (Å²) in [5.74, 6) is -2.40. The maximum Gasteiger partial charge on any atom is 0.335 e. The molecule has 0 spiro atoms. The summed E-state index contributed by atoms with van der Waals surface area (Å²) in [6.07, 6.45) is 1.42. The first-order valence-corrected chi connectivity index (χ1v) is 5.35. The normalized spacial score (nSPS) is 25.9. The molecule has 17 heavy (non-hydrogen) atoms. The third-order valence-electron chi connectivity index (χ3n) is 3.12. The predicted molar refractivity (Wildman–Crippen MR) is 59.7 cm³/mol. The fourth-order valence-corrected chi connectivity index (χ4v) is 1.99. The molecule has 0 heterocycles. The van der Waals surface area contributed by atoms with Crippen molar-refractivity contribution in [2.45, 2.75) is 20.8 Å². The van der Waals surface area contributed by atoms with Crippen molar-refractivity contribution in [3.8, 4) is 0 Å². The van der Waals surface area contributed by atoms with Crippen LogP contribution in [0.25, 0.3) is 4.85 Å². The average Bonchev–Trinajstić information content (AvgIpc) is 2.77. The molecule has 0 aromatic carbocycles. The Morgan fingerprint density at radius 3 is 2.47 bits per heavy atom. The Labute approximate surface area is 99.9 Å². The van der Waals surface area contributed by atoms with Crippen molar-refractivity contribution in [1.29, 1.82) is 0 Å². The molecule has 2 unspecified atom stereocenters. The monoisotopic (exact) mass is 237 g/mol. The average molecular weight is 237 g/mol. The van der Waals surface area contributed by atoms with Crippen molar-refractivity contribution in [2.24, 2.45) is 17.3 Å². The number of esters is 1. The Balaban J connectivity index is 2.86. The summed E-state index contributed by atoms with van der Waals surface area (Å²) in [5, 5.41) is 8.96. The highest BCUT2D eigenvalue weighted by molar-refractivity contribution is 5.91. The van der Waals surface area contributed by atoms with E-state index < -0.39 is 23.3 Å². The SMILES string of the molecule is [C-]#[N+]/C(=C\C1C(C(=O)O)C1(C)C)C(=O)OCC. The van der Waals surface area contributed by atoms with E-state index in [0.29, 0.717) is 0 Å². The van der Waals surface area contributed by atoms with Gasteiger partial charge in [0.15, 0.2) is 0 Å². The van der Waals surface area contributed by atoms with E-state index in [1.165, 1.54) is 6.08 Å². The van der Waals surface area contributed by atoms with Crippen molar-refractivity contribution >= 4 is 11.9 Å². The highest BCUT2D eigenvalue weighted by Gasteiger charge is 2.60. The molecular weight excluding hydrogens is 222 g/mol. The molecule has 1 aliphatic carbocycles. The van der Waals surface area contributed by atoms with Gasteiger partial charge in [0.25, 0.3) is 5.70 Å². The zero-order valence-electron chi connectivity index (χ0n) is 10.1. The molecule has 1 aliphatic rings. The van der Waals surface area contributed by atoms with Crippen LogP contribution in [0, 0.1) is 23.8 Å². The van der Waals surface area contributed by atoms with E-state index in [0.717, 1.165) is 0 Å². The molecule has 1 rings (SSSR count). The molecule has 5 nitrogen and oxygen atoms in total. The van der Waals surface area contributed by atoms with Gasteiger partial charge in [0, 0.05) is 0 Å². The van der Waals surface area contributed by atoms with Gasteiger partial charge in [-0.2, -0.15) is 0 Å². The van der Waals surface area contributed by atoms with Crippen LogP contribution in [-0.2, 0) is 14.3 Å². The van der Waals surface area contributed by atoms with Gasteiger partial charge >= 0.3 is 11.9 Å². The minimum atomic E-state index is -0.899. The fourth-order valence-electron chi connectivity index (χ4n) is 1.99. The van der Waals surface area contributed by atoms with E-state index >= 15 is 0 Å². The topological polar surface area (TPSA) is 68.0 Å². The van der Waals surface area contributed by atoms with E-state index in [2.05, 4.69) is 4.85 Å². The van der Waals surface area contributed by atoms with E-state index in [1.54, 1.807) is 20.8 Å². The molecular formula is C12H15NO4. The third kappa shape index (κ3) is 2.47. The summed E-state index contributed by atoms with van der Waals surface area (Å²) in [7, 11) is 0. The number of carbonyl (C=O) groups excluding carboxylic acids is 1. The fraction of sp³-hybridized carbons (Fsp3) is 0.583. The highest BCUT2D eigenvalue weighted by atomic mass is 16.5. The lowest BCUT2D eigenvalue weighted by atomic mass is 10.1. The number of aliphatic carboxylic acids is 1. The predicted octanol–water partition coefficient (Wildman–Crippen LogP) is 1.71. The minimum Gasteiger partial charge on any atom is -0.481 e. The summed E-state index contributed by atoms with van der Waals surface area (Å²) in [5.41, 5.74) is -0.539. The van der Waals surface area contributed by atoms with Gasteiger partial charge in [-0.25, -0.2) is 4.85 Å². The Hall–Kier alpha value is -1.83. The lowest BCUT2D eigenvalue weighted by Gasteiger charge is -2.00. The Kier molecular flexibility index (Phi) is 3.56. The molecule has 5 heteroatoms. The maximum atomic E-state index is 11.4. The smallest absolute Gasteiger partial charge is 0.335 e. The van der Waals surface area contributed by atoms with E-state index in [-0.39, 0.29) is 18.2 Å². The van der Waals surface area contributed by atoms with Gasteiger partial charge in [0.2, 0.25) is 0 Å². The van der Waals surface area contributed by atoms with Gasteiger partial charge in [0.05, 0.1) is 19.1 Å². The van der Waals surface area contributed by atoms with Crippen LogP contribution < -0.4 is 0 Å². The number of carboxylic acid groups (broad SMARTS) is 1. The second-order valence-electron chi connectivity index (χ2n) is 4.55. The van der Waals surface area contributed by atoms with Crippen LogP contribution in [0.15, 0.2) is 11.8 Å². The van der Waals surface area contributed by atoms with Crippen LogP contribution in [0.3, 0.4) is 0 Å². The van der Waals surface area contributed by atoms with Gasteiger partial charge < -0.3 is 9.84 Å². The molecule has 0 aromatic heterocycles. The molecule has 0 aliphatic heterocycles. The van der Waals surface area contributed by atoms with Gasteiger partial charge in [-0.15, -0.1) is 0 Å². The molecule has 2 atom stereocenters. The minimum absolute atomic E-state index is 0.131. The first-order chi connectivity index (χ1) is 7.86. The summed E-state index contributed by atoms with van der Waals surface area (Å²) in [6.45, 7) is 12.4. The molecule has 0 radical (unpaired) electrons. The summed E-state index contributed by atoms with van der Waals surface area (Å²) < 4.78 is 4.72. The molecule has 0 amide bonds. The Morgan fingerprint density at radius 1 is 1.53 bits per heavy atom. The molecule has 1 N–H and O–H groups in total.